The van der Waals surface area contributed by atoms with Crippen LogP contribution in [-0.4, -0.2) is 27.0 Å². The lowest BCUT2D eigenvalue weighted by Crippen LogP contribution is -2.34. The van der Waals surface area contributed by atoms with Crippen LogP contribution in [0, 0.1) is 17.2 Å². The number of aryl methyl sites for hydroxylation is 1. The summed E-state index contributed by atoms with van der Waals surface area (Å²) >= 11 is 0. The largest absolute Gasteiger partial charge is 0.369 e. The van der Waals surface area contributed by atoms with Gasteiger partial charge in [-0.3, -0.25) is 4.79 Å². The first-order chi connectivity index (χ1) is 13.7. The Morgan fingerprint density at radius 1 is 1.43 bits per heavy atom. The van der Waals surface area contributed by atoms with Crippen molar-refractivity contribution in [3.05, 3.63) is 54.1 Å². The highest BCUT2D eigenvalue weighted by atomic mass is 16.5. The smallest absolute Gasteiger partial charge is 0.231 e. The highest BCUT2D eigenvalue weighted by Crippen LogP contribution is 2.34. The first kappa shape index (κ1) is 18.1. The maximum Gasteiger partial charge on any atom is 0.231 e. The molecule has 28 heavy (non-hydrogen) atoms. The molecule has 0 radical (unpaired) electrons. The van der Waals surface area contributed by atoms with E-state index < -0.39 is 0 Å². The number of benzene rings is 1. The fraction of sp³-hybridized carbons (Fsp3) is 0.333. The van der Waals surface area contributed by atoms with Crippen LogP contribution in [0.2, 0.25) is 0 Å². The van der Waals surface area contributed by atoms with Gasteiger partial charge in [0.05, 0.1) is 23.1 Å². The van der Waals surface area contributed by atoms with E-state index in [1.807, 2.05) is 42.0 Å². The van der Waals surface area contributed by atoms with Crippen LogP contribution in [0.1, 0.15) is 37.3 Å². The number of ether oxygens (including phenoxy) is 1. The number of anilines is 1. The van der Waals surface area contributed by atoms with Gasteiger partial charge in [0.15, 0.2) is 0 Å². The molecule has 0 bridgehead atoms. The second-order valence-electron chi connectivity index (χ2n) is 6.78. The quantitative estimate of drug-likeness (QED) is 0.754. The molecule has 1 amide bonds. The fourth-order valence-corrected chi connectivity index (χ4v) is 3.70. The van der Waals surface area contributed by atoms with Crippen LogP contribution in [0.25, 0.3) is 10.9 Å². The summed E-state index contributed by atoms with van der Waals surface area (Å²) in [5.74, 6) is 0.622. The van der Waals surface area contributed by atoms with Gasteiger partial charge in [-0.1, -0.05) is 18.2 Å². The van der Waals surface area contributed by atoms with Crippen molar-refractivity contribution >= 4 is 22.6 Å². The Kier molecular flexibility index (Phi) is 5.04. The first-order valence-corrected chi connectivity index (χ1v) is 9.44. The minimum Gasteiger partial charge on any atom is -0.369 e. The van der Waals surface area contributed by atoms with E-state index in [9.17, 15) is 10.1 Å². The van der Waals surface area contributed by atoms with Gasteiger partial charge < -0.3 is 14.6 Å². The van der Waals surface area contributed by atoms with Crippen molar-refractivity contribution in [2.45, 2.75) is 32.4 Å². The number of rotatable bonds is 4. The zero-order valence-corrected chi connectivity index (χ0v) is 15.6. The van der Waals surface area contributed by atoms with Crippen LogP contribution >= 0.6 is 0 Å². The normalized spacial score (nSPS) is 19.3. The molecular formula is C21H21N5O2. The second kappa shape index (κ2) is 7.79. The molecule has 2 atom stereocenters. The molecule has 1 fully saturated rings. The van der Waals surface area contributed by atoms with Gasteiger partial charge in [-0.15, -0.1) is 0 Å². The van der Waals surface area contributed by atoms with Crippen molar-refractivity contribution in [1.29, 1.82) is 5.26 Å². The Morgan fingerprint density at radius 3 is 3.11 bits per heavy atom. The number of pyridine rings is 1. The predicted molar refractivity (Wildman–Crippen MR) is 104 cm³/mol. The number of hydrogen-bond acceptors (Lipinski definition) is 5. The van der Waals surface area contributed by atoms with Crippen LogP contribution in [0.5, 0.6) is 0 Å². The molecule has 7 heteroatoms. The van der Waals surface area contributed by atoms with Gasteiger partial charge in [-0.25, -0.2) is 9.97 Å². The summed E-state index contributed by atoms with van der Waals surface area (Å²) in [4.78, 5) is 22.0. The summed E-state index contributed by atoms with van der Waals surface area (Å²) in [7, 11) is 0. The maximum absolute atomic E-state index is 13.1. The van der Waals surface area contributed by atoms with Crippen molar-refractivity contribution in [3.63, 3.8) is 0 Å². The predicted octanol–water partition coefficient (Wildman–Crippen LogP) is 3.43. The van der Waals surface area contributed by atoms with Gasteiger partial charge in [0.2, 0.25) is 5.91 Å². The van der Waals surface area contributed by atoms with E-state index in [0.717, 1.165) is 24.2 Å². The Labute approximate surface area is 163 Å². The maximum atomic E-state index is 13.1. The number of hydrogen-bond donors (Lipinski definition) is 1. The van der Waals surface area contributed by atoms with Gasteiger partial charge in [0, 0.05) is 30.9 Å². The summed E-state index contributed by atoms with van der Waals surface area (Å²) in [6, 6.07) is 11.2. The molecule has 0 aliphatic carbocycles. The van der Waals surface area contributed by atoms with Crippen LogP contribution in [0.15, 0.2) is 42.7 Å². The zero-order valence-electron chi connectivity index (χ0n) is 15.6. The van der Waals surface area contributed by atoms with Gasteiger partial charge >= 0.3 is 0 Å². The average molecular weight is 375 g/mol. The minimum absolute atomic E-state index is 0.165. The second-order valence-corrected chi connectivity index (χ2v) is 6.78. The number of imidazole rings is 1. The Balaban J connectivity index is 1.62. The third-order valence-electron chi connectivity index (χ3n) is 5.09. The number of carbonyl (C=O) groups is 1. The summed E-state index contributed by atoms with van der Waals surface area (Å²) < 4.78 is 7.93. The Bertz CT molecular complexity index is 1050. The summed E-state index contributed by atoms with van der Waals surface area (Å²) in [5.41, 5.74) is 1.16. The van der Waals surface area contributed by atoms with E-state index >= 15 is 0 Å². The van der Waals surface area contributed by atoms with Gasteiger partial charge in [0.25, 0.3) is 0 Å². The molecule has 7 nitrogen and oxygen atoms in total. The van der Waals surface area contributed by atoms with E-state index in [2.05, 4.69) is 21.4 Å². The molecule has 3 aromatic rings. The molecule has 1 aliphatic heterocycles. The highest BCUT2D eigenvalue weighted by molar-refractivity contribution is 5.94. The number of aromatic nitrogens is 3. The van der Waals surface area contributed by atoms with Gasteiger partial charge in [-0.2, -0.15) is 5.26 Å². The minimum atomic E-state index is -0.389. The van der Waals surface area contributed by atoms with Crippen LogP contribution in [0.4, 0.5) is 5.82 Å². The number of nitrogens with zero attached hydrogens (tertiary/aromatic N) is 4. The molecule has 1 aliphatic rings. The lowest BCUT2D eigenvalue weighted by Gasteiger charge is -2.30. The van der Waals surface area contributed by atoms with Gasteiger partial charge in [0.1, 0.15) is 17.7 Å². The van der Waals surface area contributed by atoms with Gasteiger partial charge in [-0.05, 0) is 31.9 Å². The molecule has 0 saturated carbocycles. The fourth-order valence-electron chi connectivity index (χ4n) is 3.70. The molecule has 4 rings (SSSR count). The van der Waals surface area contributed by atoms with Crippen LogP contribution in [-0.2, 0) is 16.1 Å². The molecule has 0 unspecified atom stereocenters. The van der Waals surface area contributed by atoms with E-state index in [4.69, 9.17) is 4.74 Å². The molecule has 1 saturated heterocycles. The number of fused-ring (bicyclic) bond motifs is 1. The molecule has 2 aromatic heterocycles. The molecule has 1 N–H and O–H groups in total. The molecular weight excluding hydrogens is 354 g/mol. The standard InChI is InChI=1S/C21H21N5O2/c1-2-26-10-9-23-20(26)19-16(7-5-11-28-19)21(27)25-18-12-14(13-22)15-6-3-4-8-17(15)24-18/h3-4,6,8-10,12,16,19H,2,5,7,11H2,1H3,(H,24,25,27)/t16-,19-/m1/s1. The van der Waals surface area contributed by atoms with Crippen LogP contribution in [0.3, 0.4) is 0 Å². The van der Waals surface area contributed by atoms with Crippen molar-refractivity contribution in [2.75, 3.05) is 11.9 Å². The van der Waals surface area contributed by atoms with Crippen molar-refractivity contribution in [1.82, 2.24) is 14.5 Å². The van der Waals surface area contributed by atoms with E-state index in [-0.39, 0.29) is 17.9 Å². The third kappa shape index (κ3) is 3.35. The van der Waals surface area contributed by atoms with Crippen LogP contribution < -0.4 is 5.32 Å². The molecule has 0 spiro atoms. The number of nitrogens with one attached hydrogen (secondary N) is 1. The Hall–Kier alpha value is -3.24. The van der Waals surface area contributed by atoms with E-state index in [1.54, 1.807) is 12.3 Å². The molecule has 1 aromatic carbocycles. The topological polar surface area (TPSA) is 92.8 Å². The third-order valence-corrected chi connectivity index (χ3v) is 5.09. The monoisotopic (exact) mass is 375 g/mol. The number of amides is 1. The number of para-hydroxylation sites is 1. The van der Waals surface area contributed by atoms with Crippen molar-refractivity contribution in [2.24, 2.45) is 5.92 Å². The van der Waals surface area contributed by atoms with E-state index in [0.29, 0.717) is 29.9 Å². The Morgan fingerprint density at radius 2 is 2.29 bits per heavy atom. The summed E-state index contributed by atoms with van der Waals surface area (Å²) in [6.07, 6.45) is 4.77. The zero-order chi connectivity index (χ0) is 19.5. The lowest BCUT2D eigenvalue weighted by molar-refractivity contribution is -0.130. The summed E-state index contributed by atoms with van der Waals surface area (Å²) in [6.45, 7) is 3.41. The molecule has 3 heterocycles. The molecule has 142 valence electrons. The number of carbonyl (C=O) groups excluding carboxylic acids is 1. The lowest BCUT2D eigenvalue weighted by atomic mass is 9.92. The first-order valence-electron chi connectivity index (χ1n) is 9.44. The number of nitriles is 1. The average Bonchev–Trinajstić information content (AvgIpc) is 3.21. The van der Waals surface area contributed by atoms with E-state index in [1.165, 1.54) is 0 Å². The SMILES string of the molecule is CCn1ccnc1[C@@H]1OCCC[C@H]1C(=O)Nc1cc(C#N)c2ccccc2n1. The highest BCUT2D eigenvalue weighted by Gasteiger charge is 2.35. The van der Waals surface area contributed by atoms with Crippen molar-refractivity contribution in [3.8, 4) is 6.07 Å². The van der Waals surface area contributed by atoms with Crippen molar-refractivity contribution < 1.29 is 9.53 Å². The summed E-state index contributed by atoms with van der Waals surface area (Å²) in [5, 5.41) is 13.1.